The van der Waals surface area contributed by atoms with Crippen LogP contribution in [0.25, 0.3) is 0 Å². The van der Waals surface area contributed by atoms with Crippen molar-refractivity contribution >= 4 is 17.4 Å². The number of oxime groups is 1. The minimum Gasteiger partial charge on any atom is -0.399 e. The predicted octanol–water partition coefficient (Wildman–Crippen LogP) is 3.89. The van der Waals surface area contributed by atoms with Gasteiger partial charge in [-0.1, -0.05) is 5.16 Å². The minimum absolute atomic E-state index is 0.00115. The smallest absolute Gasteiger partial charge is 0.399 e. The largest absolute Gasteiger partial charge is 0.417 e. The van der Waals surface area contributed by atoms with E-state index in [2.05, 4.69) is 20.0 Å². The van der Waals surface area contributed by atoms with Gasteiger partial charge < -0.3 is 15.5 Å². The lowest BCUT2D eigenvalue weighted by atomic mass is 9.87. The fraction of sp³-hybridized carbons (Fsp3) is 0.538. The van der Waals surface area contributed by atoms with E-state index in [0.29, 0.717) is 48.7 Å². The van der Waals surface area contributed by atoms with E-state index >= 15 is 0 Å². The molecule has 2 aliphatic rings. The zero-order chi connectivity index (χ0) is 26.6. The van der Waals surface area contributed by atoms with Crippen LogP contribution in [0.15, 0.2) is 35.7 Å². The van der Waals surface area contributed by atoms with Crippen LogP contribution in [0.2, 0.25) is 0 Å². The number of aryl methyl sites for hydroxylation is 1. The van der Waals surface area contributed by atoms with E-state index in [9.17, 15) is 18.0 Å². The first-order valence-corrected chi connectivity index (χ1v) is 12.5. The SMILES string of the molecule is CON=C(c1ncc(C(F)(F)F)cc1C)C1CCN(C(=O)C2CCN(Cc3ccnc(N)c3)CC2)CC1. The van der Waals surface area contributed by atoms with Crippen LogP contribution >= 0.6 is 0 Å². The van der Waals surface area contributed by atoms with E-state index < -0.39 is 11.7 Å². The fourth-order valence-corrected chi connectivity index (χ4v) is 5.23. The molecule has 2 N–H and O–H groups in total. The van der Waals surface area contributed by atoms with Crippen LogP contribution in [0.5, 0.6) is 0 Å². The summed E-state index contributed by atoms with van der Waals surface area (Å²) in [7, 11) is 1.41. The van der Waals surface area contributed by atoms with Gasteiger partial charge in [-0.05, 0) is 75.0 Å². The minimum atomic E-state index is -4.45. The van der Waals surface area contributed by atoms with Gasteiger partial charge in [-0.3, -0.25) is 14.7 Å². The standard InChI is InChI=1S/C26H33F3N6O2/c1-17-13-21(26(27,28)29)15-32-23(17)24(33-37-2)19-6-11-35(12-7-19)25(36)20-4-9-34(10-5-20)16-18-3-8-31-22(30)14-18/h3,8,13-15,19-20H,4-7,9-12,16H2,1-2H3,(H2,30,31). The highest BCUT2D eigenvalue weighted by Crippen LogP contribution is 2.31. The van der Waals surface area contributed by atoms with Gasteiger partial charge in [0.05, 0.1) is 11.3 Å². The summed E-state index contributed by atoms with van der Waals surface area (Å²) in [6.45, 7) is 5.22. The van der Waals surface area contributed by atoms with E-state index in [1.54, 1.807) is 13.1 Å². The Morgan fingerprint density at radius 2 is 1.78 bits per heavy atom. The van der Waals surface area contributed by atoms with Gasteiger partial charge in [-0.15, -0.1) is 0 Å². The highest BCUT2D eigenvalue weighted by atomic mass is 19.4. The Hall–Kier alpha value is -3.21. The van der Waals surface area contributed by atoms with Gasteiger partial charge in [-0.2, -0.15) is 13.2 Å². The van der Waals surface area contributed by atoms with E-state index in [0.717, 1.165) is 50.3 Å². The Morgan fingerprint density at radius 1 is 1.11 bits per heavy atom. The average molecular weight is 519 g/mol. The summed E-state index contributed by atoms with van der Waals surface area (Å²) in [5.41, 5.74) is 7.44. The summed E-state index contributed by atoms with van der Waals surface area (Å²) in [6, 6.07) is 4.92. The second-order valence-corrected chi connectivity index (χ2v) is 9.79. The van der Waals surface area contributed by atoms with Gasteiger partial charge in [0, 0.05) is 43.9 Å². The van der Waals surface area contributed by atoms with Crippen molar-refractivity contribution in [2.24, 2.45) is 17.0 Å². The normalized spacial score (nSPS) is 18.7. The number of hydrogen-bond acceptors (Lipinski definition) is 7. The summed E-state index contributed by atoms with van der Waals surface area (Å²) in [4.78, 5) is 30.6. The molecular formula is C26H33F3N6O2. The first-order valence-electron chi connectivity index (χ1n) is 12.5. The quantitative estimate of drug-likeness (QED) is 0.461. The maximum Gasteiger partial charge on any atom is 0.417 e. The number of carbonyl (C=O) groups is 1. The molecule has 11 heteroatoms. The first kappa shape index (κ1) is 26.8. The number of amides is 1. The molecule has 2 saturated heterocycles. The summed E-state index contributed by atoms with van der Waals surface area (Å²) in [6.07, 6.45) is 1.01. The van der Waals surface area contributed by atoms with Crippen LogP contribution in [0.3, 0.4) is 0 Å². The highest BCUT2D eigenvalue weighted by molar-refractivity contribution is 6.01. The summed E-state index contributed by atoms with van der Waals surface area (Å²) in [5.74, 6) is 0.636. The summed E-state index contributed by atoms with van der Waals surface area (Å²) in [5, 5.41) is 4.13. The van der Waals surface area contributed by atoms with Crippen LogP contribution in [0.1, 0.15) is 48.1 Å². The number of hydrogen-bond donors (Lipinski definition) is 1. The average Bonchev–Trinajstić information content (AvgIpc) is 2.87. The van der Waals surface area contributed by atoms with Crippen molar-refractivity contribution in [3.63, 3.8) is 0 Å². The third-order valence-electron chi connectivity index (χ3n) is 7.22. The maximum atomic E-state index is 13.2. The second-order valence-electron chi connectivity index (χ2n) is 9.79. The molecule has 4 rings (SSSR count). The Balaban J connectivity index is 1.32. The molecule has 0 unspecified atom stereocenters. The van der Waals surface area contributed by atoms with Crippen molar-refractivity contribution in [1.29, 1.82) is 0 Å². The Morgan fingerprint density at radius 3 is 2.38 bits per heavy atom. The van der Waals surface area contributed by atoms with Crippen LogP contribution in [0, 0.1) is 18.8 Å². The number of carbonyl (C=O) groups excluding carboxylic acids is 1. The molecule has 0 aliphatic carbocycles. The molecule has 1 amide bonds. The van der Waals surface area contributed by atoms with Crippen LogP contribution in [0.4, 0.5) is 19.0 Å². The lowest BCUT2D eigenvalue weighted by Gasteiger charge is -2.37. The molecule has 0 aromatic carbocycles. The number of nitrogen functional groups attached to an aromatic ring is 1. The van der Waals surface area contributed by atoms with Crippen molar-refractivity contribution in [2.75, 3.05) is 39.0 Å². The Kier molecular flexibility index (Phi) is 8.31. The number of nitrogens with zero attached hydrogens (tertiary/aromatic N) is 5. The third kappa shape index (κ3) is 6.57. The molecule has 2 aromatic heterocycles. The van der Waals surface area contributed by atoms with Crippen LogP contribution < -0.4 is 5.73 Å². The van der Waals surface area contributed by atoms with Crippen molar-refractivity contribution in [2.45, 2.75) is 45.3 Å². The molecule has 0 spiro atoms. The zero-order valence-corrected chi connectivity index (χ0v) is 21.2. The van der Waals surface area contributed by atoms with Gasteiger partial charge in [-0.25, -0.2) is 4.98 Å². The number of alkyl halides is 3. The molecule has 4 heterocycles. The zero-order valence-electron chi connectivity index (χ0n) is 21.2. The van der Waals surface area contributed by atoms with E-state index in [1.807, 2.05) is 17.0 Å². The lowest BCUT2D eigenvalue weighted by Crippen LogP contribution is -2.46. The monoisotopic (exact) mass is 518 g/mol. The maximum absolute atomic E-state index is 13.2. The molecule has 0 bridgehead atoms. The molecule has 37 heavy (non-hydrogen) atoms. The molecule has 2 fully saturated rings. The molecule has 8 nitrogen and oxygen atoms in total. The van der Waals surface area contributed by atoms with Gasteiger partial charge in [0.1, 0.15) is 18.6 Å². The molecule has 0 radical (unpaired) electrons. The van der Waals surface area contributed by atoms with Gasteiger partial charge in [0.25, 0.3) is 0 Å². The molecule has 2 aromatic rings. The first-order chi connectivity index (χ1) is 17.7. The number of piperidine rings is 2. The molecule has 0 saturated carbocycles. The van der Waals surface area contributed by atoms with Crippen LogP contribution in [-0.4, -0.2) is 64.7 Å². The number of nitrogens with two attached hydrogens (primary N) is 1. The van der Waals surface area contributed by atoms with E-state index in [1.165, 1.54) is 7.11 Å². The summed E-state index contributed by atoms with van der Waals surface area (Å²) >= 11 is 0. The fourth-order valence-electron chi connectivity index (χ4n) is 5.23. The molecule has 0 atom stereocenters. The van der Waals surface area contributed by atoms with Crippen molar-refractivity contribution in [3.8, 4) is 0 Å². The predicted molar refractivity (Wildman–Crippen MR) is 133 cm³/mol. The molecule has 2 aliphatic heterocycles. The van der Waals surface area contributed by atoms with Gasteiger partial charge >= 0.3 is 6.18 Å². The number of halogens is 3. The van der Waals surface area contributed by atoms with E-state index in [-0.39, 0.29) is 17.7 Å². The van der Waals surface area contributed by atoms with E-state index in [4.69, 9.17) is 10.6 Å². The Labute approximate surface area is 214 Å². The highest BCUT2D eigenvalue weighted by Gasteiger charge is 2.35. The van der Waals surface area contributed by atoms with Crippen LogP contribution in [-0.2, 0) is 22.4 Å². The van der Waals surface area contributed by atoms with Crippen molar-refractivity contribution in [1.82, 2.24) is 19.8 Å². The van der Waals surface area contributed by atoms with Gasteiger partial charge in [0.2, 0.25) is 5.91 Å². The number of likely N-dealkylation sites (tertiary alicyclic amines) is 2. The number of aromatic nitrogens is 2. The second kappa shape index (κ2) is 11.5. The number of pyridine rings is 2. The Bertz CT molecular complexity index is 1120. The molecular weight excluding hydrogens is 485 g/mol. The van der Waals surface area contributed by atoms with Crippen molar-refractivity contribution < 1.29 is 22.8 Å². The van der Waals surface area contributed by atoms with Gasteiger partial charge in [0.15, 0.2) is 0 Å². The summed E-state index contributed by atoms with van der Waals surface area (Å²) < 4.78 is 39.2. The topological polar surface area (TPSA) is 96.9 Å². The number of anilines is 1. The van der Waals surface area contributed by atoms with Crippen molar-refractivity contribution in [3.05, 3.63) is 53.0 Å². The number of rotatable bonds is 6. The lowest BCUT2D eigenvalue weighted by molar-refractivity contribution is -0.138. The third-order valence-corrected chi connectivity index (χ3v) is 7.22. The molecule has 200 valence electrons.